The molecule has 0 saturated heterocycles. The molecule has 6 heteroatoms. The number of hydrogen-bond donors (Lipinski definition) is 2. The predicted octanol–water partition coefficient (Wildman–Crippen LogP) is 0.616. The van der Waals surface area contributed by atoms with Crippen molar-refractivity contribution in [1.29, 1.82) is 0 Å². The van der Waals surface area contributed by atoms with Crippen molar-refractivity contribution in [3.63, 3.8) is 0 Å². The van der Waals surface area contributed by atoms with Crippen LogP contribution in [0.3, 0.4) is 0 Å². The fourth-order valence-electron chi connectivity index (χ4n) is 1.33. The molecule has 0 saturated carbocycles. The number of carboxylic acids is 1. The van der Waals surface area contributed by atoms with Gasteiger partial charge in [-0.1, -0.05) is 6.92 Å². The van der Waals surface area contributed by atoms with Gasteiger partial charge in [-0.3, -0.25) is 4.79 Å². The maximum atomic E-state index is 10.7. The number of carboxylic acid groups (broad SMARTS) is 1. The number of fused-ring (bicyclic) bond motifs is 1. The number of carbonyl (C=O) groups is 1. The number of rotatable bonds is 3. The highest BCUT2D eigenvalue weighted by atomic mass is 16.4. The van der Waals surface area contributed by atoms with Gasteiger partial charge in [-0.25, -0.2) is 4.98 Å². The second-order valence-electron chi connectivity index (χ2n) is 3.45. The molecule has 0 bridgehead atoms. The van der Waals surface area contributed by atoms with E-state index in [4.69, 9.17) is 5.11 Å². The molecule has 0 aliphatic heterocycles. The molecule has 6 nitrogen and oxygen atoms in total. The van der Waals surface area contributed by atoms with Gasteiger partial charge < -0.3 is 5.11 Å². The van der Waals surface area contributed by atoms with E-state index in [1.807, 2.05) is 0 Å². The van der Waals surface area contributed by atoms with Crippen molar-refractivity contribution in [3.8, 4) is 0 Å². The Hall–Kier alpha value is -1.98. The fraction of sp³-hybridized carbons (Fsp3) is 0.333. The SMILES string of the molecule is CC(Cc1cnc2n[nH]nc2c1)C(=O)O. The summed E-state index contributed by atoms with van der Waals surface area (Å²) in [5.74, 6) is -1.23. The largest absolute Gasteiger partial charge is 0.481 e. The summed E-state index contributed by atoms with van der Waals surface area (Å²) in [6, 6.07) is 1.80. The van der Waals surface area contributed by atoms with E-state index in [0.29, 0.717) is 17.6 Å². The van der Waals surface area contributed by atoms with Crippen molar-refractivity contribution in [2.24, 2.45) is 5.92 Å². The van der Waals surface area contributed by atoms with Gasteiger partial charge in [0, 0.05) is 6.20 Å². The second kappa shape index (κ2) is 3.64. The number of H-pyrrole nitrogens is 1. The Morgan fingerprint density at radius 3 is 3.13 bits per heavy atom. The van der Waals surface area contributed by atoms with E-state index in [1.54, 1.807) is 19.2 Å². The molecule has 2 aromatic rings. The Labute approximate surface area is 85.3 Å². The van der Waals surface area contributed by atoms with Crippen LogP contribution in [0.1, 0.15) is 12.5 Å². The van der Waals surface area contributed by atoms with Crippen molar-refractivity contribution in [3.05, 3.63) is 17.8 Å². The average molecular weight is 206 g/mol. The monoisotopic (exact) mass is 206 g/mol. The average Bonchev–Trinajstić information content (AvgIpc) is 2.64. The minimum atomic E-state index is -0.810. The zero-order valence-corrected chi connectivity index (χ0v) is 8.14. The highest BCUT2D eigenvalue weighted by molar-refractivity contribution is 5.71. The Balaban J connectivity index is 2.24. The third-order valence-corrected chi connectivity index (χ3v) is 2.19. The van der Waals surface area contributed by atoms with E-state index in [2.05, 4.69) is 20.4 Å². The molecule has 15 heavy (non-hydrogen) atoms. The van der Waals surface area contributed by atoms with E-state index in [-0.39, 0.29) is 0 Å². The zero-order chi connectivity index (χ0) is 10.8. The fourth-order valence-corrected chi connectivity index (χ4v) is 1.33. The van der Waals surface area contributed by atoms with Crippen LogP contribution in [0, 0.1) is 5.92 Å². The van der Waals surface area contributed by atoms with Gasteiger partial charge in [-0.15, -0.1) is 5.10 Å². The first-order valence-electron chi connectivity index (χ1n) is 4.55. The van der Waals surface area contributed by atoms with Gasteiger partial charge in [0.25, 0.3) is 0 Å². The lowest BCUT2D eigenvalue weighted by atomic mass is 10.0. The number of aliphatic carboxylic acids is 1. The molecule has 0 aliphatic rings. The van der Waals surface area contributed by atoms with E-state index >= 15 is 0 Å². The topological polar surface area (TPSA) is 91.8 Å². The highest BCUT2D eigenvalue weighted by Crippen LogP contribution is 2.11. The Kier molecular flexibility index (Phi) is 2.32. The van der Waals surface area contributed by atoms with Gasteiger partial charge in [0.2, 0.25) is 5.65 Å². The molecule has 0 aliphatic carbocycles. The van der Waals surface area contributed by atoms with Crippen LogP contribution in [0.2, 0.25) is 0 Å². The maximum Gasteiger partial charge on any atom is 0.306 e. The third kappa shape index (κ3) is 1.93. The van der Waals surface area contributed by atoms with Crippen molar-refractivity contribution < 1.29 is 9.90 Å². The number of aromatic nitrogens is 4. The molecule has 0 radical (unpaired) electrons. The van der Waals surface area contributed by atoms with E-state index in [1.165, 1.54) is 0 Å². The van der Waals surface area contributed by atoms with Gasteiger partial charge in [0.1, 0.15) is 5.52 Å². The van der Waals surface area contributed by atoms with Crippen molar-refractivity contribution in [2.45, 2.75) is 13.3 Å². The summed E-state index contributed by atoms with van der Waals surface area (Å²) in [4.78, 5) is 14.7. The number of aromatic amines is 1. The minimum Gasteiger partial charge on any atom is -0.481 e. The molecule has 78 valence electrons. The van der Waals surface area contributed by atoms with Crippen molar-refractivity contribution in [1.82, 2.24) is 20.4 Å². The first-order chi connectivity index (χ1) is 7.16. The lowest BCUT2D eigenvalue weighted by molar-refractivity contribution is -0.141. The number of nitrogens with one attached hydrogen (secondary N) is 1. The molecule has 2 heterocycles. The Morgan fingerprint density at radius 1 is 1.60 bits per heavy atom. The third-order valence-electron chi connectivity index (χ3n) is 2.19. The van der Waals surface area contributed by atoms with Gasteiger partial charge in [-0.05, 0) is 18.1 Å². The van der Waals surface area contributed by atoms with Crippen molar-refractivity contribution in [2.75, 3.05) is 0 Å². The van der Waals surface area contributed by atoms with E-state index in [9.17, 15) is 4.79 Å². The first kappa shape index (κ1) is 9.57. The van der Waals surface area contributed by atoms with Gasteiger partial charge in [0.05, 0.1) is 5.92 Å². The van der Waals surface area contributed by atoms with Crippen molar-refractivity contribution >= 4 is 17.1 Å². The summed E-state index contributed by atoms with van der Waals surface area (Å²) < 4.78 is 0. The minimum absolute atomic E-state index is 0.420. The van der Waals surface area contributed by atoms with Crippen LogP contribution in [-0.4, -0.2) is 31.5 Å². The Morgan fingerprint density at radius 2 is 2.40 bits per heavy atom. The van der Waals surface area contributed by atoms with Crippen LogP contribution < -0.4 is 0 Å². The van der Waals surface area contributed by atoms with Gasteiger partial charge in [-0.2, -0.15) is 10.3 Å². The summed E-state index contributed by atoms with van der Waals surface area (Å²) in [5, 5.41) is 18.9. The number of nitrogens with zero attached hydrogens (tertiary/aromatic N) is 3. The molecule has 0 fully saturated rings. The number of hydrogen-bond acceptors (Lipinski definition) is 4. The summed E-state index contributed by atoms with van der Waals surface area (Å²) in [6.07, 6.45) is 2.08. The van der Waals surface area contributed by atoms with Crippen LogP contribution in [-0.2, 0) is 11.2 Å². The molecule has 2 N–H and O–H groups in total. The lowest BCUT2D eigenvalue weighted by Crippen LogP contribution is -2.12. The molecule has 0 aromatic carbocycles. The molecular weight excluding hydrogens is 196 g/mol. The van der Waals surface area contributed by atoms with Crippen LogP contribution in [0.25, 0.3) is 11.2 Å². The van der Waals surface area contributed by atoms with Crippen LogP contribution in [0.4, 0.5) is 0 Å². The zero-order valence-electron chi connectivity index (χ0n) is 8.14. The molecular formula is C9H10N4O2. The summed E-state index contributed by atoms with van der Waals surface area (Å²) in [7, 11) is 0. The van der Waals surface area contributed by atoms with Crippen LogP contribution >= 0.6 is 0 Å². The lowest BCUT2D eigenvalue weighted by Gasteiger charge is -2.04. The molecule has 1 unspecified atom stereocenters. The standard InChI is InChI=1S/C9H10N4O2/c1-5(9(14)15)2-6-3-7-8(10-4-6)12-13-11-7/h3-5H,2H2,1H3,(H,14,15)(H,10,11,12,13). The highest BCUT2D eigenvalue weighted by Gasteiger charge is 2.12. The molecule has 2 aromatic heterocycles. The van der Waals surface area contributed by atoms with Gasteiger partial charge >= 0.3 is 5.97 Å². The summed E-state index contributed by atoms with van der Waals surface area (Å²) >= 11 is 0. The second-order valence-corrected chi connectivity index (χ2v) is 3.45. The maximum absolute atomic E-state index is 10.7. The predicted molar refractivity (Wildman–Crippen MR) is 52.2 cm³/mol. The van der Waals surface area contributed by atoms with E-state index in [0.717, 1.165) is 5.56 Å². The summed E-state index contributed by atoms with van der Waals surface area (Å²) in [5.41, 5.74) is 2.05. The smallest absolute Gasteiger partial charge is 0.306 e. The molecule has 2 rings (SSSR count). The molecule has 0 spiro atoms. The molecule has 0 amide bonds. The molecule has 1 atom stereocenters. The normalized spacial score (nSPS) is 12.9. The number of pyridine rings is 1. The Bertz CT molecular complexity index is 494. The van der Waals surface area contributed by atoms with Crippen LogP contribution in [0.15, 0.2) is 12.3 Å². The first-order valence-corrected chi connectivity index (χ1v) is 4.55. The van der Waals surface area contributed by atoms with E-state index < -0.39 is 11.9 Å². The van der Waals surface area contributed by atoms with Crippen LogP contribution in [0.5, 0.6) is 0 Å². The quantitative estimate of drug-likeness (QED) is 0.767. The van der Waals surface area contributed by atoms with Gasteiger partial charge in [0.15, 0.2) is 0 Å². The summed E-state index contributed by atoms with van der Waals surface area (Å²) in [6.45, 7) is 1.66.